The van der Waals surface area contributed by atoms with Crippen molar-refractivity contribution in [2.75, 3.05) is 11.9 Å². The molecule has 1 rings (SSSR count). The number of hydrogen-bond acceptors (Lipinski definition) is 2. The zero-order valence-corrected chi connectivity index (χ0v) is 13.3. The first-order valence-electron chi connectivity index (χ1n) is 6.35. The molecule has 20 heavy (non-hydrogen) atoms. The summed E-state index contributed by atoms with van der Waals surface area (Å²) in [4.78, 5) is 22.7. The smallest absolute Gasteiger partial charge is 0.319 e. The second-order valence-electron chi connectivity index (χ2n) is 4.99. The third kappa shape index (κ3) is 4.85. The number of hydrogen-bond donors (Lipinski definition) is 3. The summed E-state index contributed by atoms with van der Waals surface area (Å²) in [7, 11) is 0. The average Bonchev–Trinajstić information content (AvgIpc) is 2.33. The number of amides is 2. The van der Waals surface area contributed by atoms with E-state index >= 15 is 0 Å². The molecule has 0 aliphatic heterocycles. The van der Waals surface area contributed by atoms with Crippen LogP contribution in [-0.4, -0.2) is 23.7 Å². The molecule has 0 saturated heterocycles. The molecule has 3 N–H and O–H groups in total. The molecular weight excluding hydrogens is 324 g/mol. The molecule has 1 unspecified atom stereocenters. The number of carbonyl (C=O) groups excluding carboxylic acids is 1. The number of rotatable bonds is 5. The van der Waals surface area contributed by atoms with Gasteiger partial charge in [0.2, 0.25) is 0 Å². The number of carbonyl (C=O) groups is 2. The summed E-state index contributed by atoms with van der Waals surface area (Å²) >= 11 is 3.38. The molecule has 1 aromatic rings. The van der Waals surface area contributed by atoms with Crippen molar-refractivity contribution in [1.29, 1.82) is 0 Å². The van der Waals surface area contributed by atoms with Crippen LogP contribution in [0.5, 0.6) is 0 Å². The highest BCUT2D eigenvalue weighted by Crippen LogP contribution is 2.19. The largest absolute Gasteiger partial charge is 0.481 e. The van der Waals surface area contributed by atoms with E-state index in [-0.39, 0.29) is 12.5 Å². The molecule has 0 aliphatic carbocycles. The molecule has 0 heterocycles. The first-order chi connectivity index (χ1) is 9.31. The van der Waals surface area contributed by atoms with Gasteiger partial charge in [0.15, 0.2) is 0 Å². The number of carboxylic acid groups (broad SMARTS) is 1. The van der Waals surface area contributed by atoms with E-state index in [4.69, 9.17) is 5.11 Å². The van der Waals surface area contributed by atoms with Crippen LogP contribution in [0.2, 0.25) is 0 Å². The van der Waals surface area contributed by atoms with Crippen LogP contribution in [0.1, 0.15) is 19.4 Å². The molecule has 0 radical (unpaired) electrons. The molecule has 2 amide bonds. The van der Waals surface area contributed by atoms with Crippen molar-refractivity contribution in [3.05, 3.63) is 28.2 Å². The Morgan fingerprint density at radius 2 is 2.00 bits per heavy atom. The van der Waals surface area contributed by atoms with E-state index in [9.17, 15) is 9.59 Å². The van der Waals surface area contributed by atoms with Crippen LogP contribution in [0.25, 0.3) is 0 Å². The first-order valence-corrected chi connectivity index (χ1v) is 7.14. The molecule has 0 bridgehead atoms. The van der Waals surface area contributed by atoms with Crippen LogP contribution in [0.3, 0.4) is 0 Å². The Morgan fingerprint density at radius 1 is 1.35 bits per heavy atom. The van der Waals surface area contributed by atoms with Gasteiger partial charge in [-0.25, -0.2) is 4.79 Å². The Kier molecular flexibility index (Phi) is 6.01. The minimum absolute atomic E-state index is 0.0391. The average molecular weight is 343 g/mol. The van der Waals surface area contributed by atoms with Crippen LogP contribution in [0.4, 0.5) is 10.5 Å². The molecule has 1 atom stereocenters. The standard InChI is InChI=1S/C14H19BrN2O3/c1-8(2)11(13(18)19)7-16-14(20)17-10-4-5-12(15)9(3)6-10/h4-6,8,11H,7H2,1-3H3,(H,18,19)(H2,16,17,20). The van der Waals surface area contributed by atoms with Crippen LogP contribution in [0, 0.1) is 18.8 Å². The highest BCUT2D eigenvalue weighted by atomic mass is 79.9. The lowest BCUT2D eigenvalue weighted by Crippen LogP contribution is -2.37. The Labute approximate surface area is 126 Å². The van der Waals surface area contributed by atoms with Gasteiger partial charge in [-0.2, -0.15) is 0 Å². The Balaban J connectivity index is 2.55. The fraction of sp³-hybridized carbons (Fsp3) is 0.429. The second kappa shape index (κ2) is 7.28. The normalized spacial score (nSPS) is 12.1. The maximum atomic E-state index is 11.7. The molecule has 0 fully saturated rings. The lowest BCUT2D eigenvalue weighted by atomic mass is 9.96. The van der Waals surface area contributed by atoms with Gasteiger partial charge in [-0.3, -0.25) is 4.79 Å². The van der Waals surface area contributed by atoms with Crippen molar-refractivity contribution in [2.24, 2.45) is 11.8 Å². The number of nitrogens with one attached hydrogen (secondary N) is 2. The van der Waals surface area contributed by atoms with Crippen molar-refractivity contribution >= 4 is 33.6 Å². The summed E-state index contributed by atoms with van der Waals surface area (Å²) < 4.78 is 0.967. The molecular formula is C14H19BrN2O3. The number of anilines is 1. The van der Waals surface area contributed by atoms with E-state index in [2.05, 4.69) is 26.6 Å². The van der Waals surface area contributed by atoms with E-state index in [0.29, 0.717) is 5.69 Å². The Hall–Kier alpha value is -1.56. The number of benzene rings is 1. The molecule has 110 valence electrons. The van der Waals surface area contributed by atoms with Crippen LogP contribution in [0.15, 0.2) is 22.7 Å². The number of aryl methyl sites for hydroxylation is 1. The number of urea groups is 1. The topological polar surface area (TPSA) is 78.4 Å². The van der Waals surface area contributed by atoms with E-state index in [0.717, 1.165) is 10.0 Å². The van der Waals surface area contributed by atoms with Crippen molar-refractivity contribution in [3.8, 4) is 0 Å². The van der Waals surface area contributed by atoms with Gasteiger partial charge >= 0.3 is 12.0 Å². The number of carboxylic acids is 1. The van der Waals surface area contributed by atoms with Gasteiger partial charge < -0.3 is 15.7 Å². The first kappa shape index (κ1) is 16.5. The summed E-state index contributed by atoms with van der Waals surface area (Å²) in [6.45, 7) is 5.66. The van der Waals surface area contributed by atoms with E-state index in [1.165, 1.54) is 0 Å². The predicted octanol–water partition coefficient (Wildman–Crippen LogP) is 3.24. The summed E-state index contributed by atoms with van der Waals surface area (Å²) in [5, 5.41) is 14.3. The molecule has 0 spiro atoms. The molecule has 0 aromatic heterocycles. The van der Waals surface area contributed by atoms with Gasteiger partial charge in [0.25, 0.3) is 0 Å². The van der Waals surface area contributed by atoms with E-state index in [1.54, 1.807) is 6.07 Å². The Morgan fingerprint density at radius 3 is 2.50 bits per heavy atom. The highest BCUT2D eigenvalue weighted by molar-refractivity contribution is 9.10. The predicted molar refractivity (Wildman–Crippen MR) is 81.9 cm³/mol. The summed E-state index contributed by atoms with van der Waals surface area (Å²) in [5.41, 5.74) is 1.67. The van der Waals surface area contributed by atoms with Gasteiger partial charge in [-0.05, 0) is 36.6 Å². The van der Waals surface area contributed by atoms with Gasteiger partial charge in [0.1, 0.15) is 0 Å². The van der Waals surface area contributed by atoms with Crippen molar-refractivity contribution in [1.82, 2.24) is 5.32 Å². The van der Waals surface area contributed by atoms with Crippen molar-refractivity contribution < 1.29 is 14.7 Å². The maximum Gasteiger partial charge on any atom is 0.319 e. The summed E-state index contributed by atoms with van der Waals surface area (Å²) in [5.74, 6) is -1.53. The van der Waals surface area contributed by atoms with Gasteiger partial charge in [-0.1, -0.05) is 29.8 Å². The molecule has 5 nitrogen and oxygen atoms in total. The summed E-state index contributed by atoms with van der Waals surface area (Å²) in [6.07, 6.45) is 0. The zero-order chi connectivity index (χ0) is 15.3. The number of halogens is 1. The quantitative estimate of drug-likeness (QED) is 0.768. The Bertz CT molecular complexity index is 503. The van der Waals surface area contributed by atoms with Gasteiger partial charge in [0, 0.05) is 16.7 Å². The SMILES string of the molecule is Cc1cc(NC(=O)NCC(C(=O)O)C(C)C)ccc1Br. The number of aliphatic carboxylic acids is 1. The second-order valence-corrected chi connectivity index (χ2v) is 5.84. The maximum absolute atomic E-state index is 11.7. The molecule has 0 aliphatic rings. The van der Waals surface area contributed by atoms with Crippen molar-refractivity contribution in [3.63, 3.8) is 0 Å². The lowest BCUT2D eigenvalue weighted by Gasteiger charge is -2.17. The minimum atomic E-state index is -0.903. The van der Waals surface area contributed by atoms with E-state index in [1.807, 2.05) is 32.9 Å². The zero-order valence-electron chi connectivity index (χ0n) is 11.7. The summed E-state index contributed by atoms with van der Waals surface area (Å²) in [6, 6.07) is 5.05. The molecule has 1 aromatic carbocycles. The van der Waals surface area contributed by atoms with Crippen LogP contribution >= 0.6 is 15.9 Å². The van der Waals surface area contributed by atoms with Crippen molar-refractivity contribution in [2.45, 2.75) is 20.8 Å². The fourth-order valence-electron chi connectivity index (χ4n) is 1.71. The van der Waals surface area contributed by atoms with Crippen LogP contribution < -0.4 is 10.6 Å². The third-order valence-electron chi connectivity index (χ3n) is 3.02. The van der Waals surface area contributed by atoms with Crippen LogP contribution in [-0.2, 0) is 4.79 Å². The lowest BCUT2D eigenvalue weighted by molar-refractivity contribution is -0.142. The molecule has 0 saturated carbocycles. The third-order valence-corrected chi connectivity index (χ3v) is 3.91. The highest BCUT2D eigenvalue weighted by Gasteiger charge is 2.21. The van der Waals surface area contributed by atoms with Gasteiger partial charge in [-0.15, -0.1) is 0 Å². The van der Waals surface area contributed by atoms with E-state index < -0.39 is 17.9 Å². The minimum Gasteiger partial charge on any atom is -0.481 e. The molecule has 6 heteroatoms. The van der Waals surface area contributed by atoms with Gasteiger partial charge in [0.05, 0.1) is 5.92 Å². The monoisotopic (exact) mass is 342 g/mol. The fourth-order valence-corrected chi connectivity index (χ4v) is 1.96.